The molecule has 4 rings (SSSR count). The zero-order chi connectivity index (χ0) is 19.2. The van der Waals surface area contributed by atoms with Crippen molar-refractivity contribution < 1.29 is 13.2 Å². The minimum Gasteiger partial charge on any atom is -0.359 e. The van der Waals surface area contributed by atoms with Crippen molar-refractivity contribution >= 4 is 32.5 Å². The zero-order valence-corrected chi connectivity index (χ0v) is 16.1. The summed E-state index contributed by atoms with van der Waals surface area (Å²) in [5.74, 6) is -0.0298. The van der Waals surface area contributed by atoms with E-state index in [1.54, 1.807) is 23.1 Å². The van der Waals surface area contributed by atoms with Gasteiger partial charge in [0.25, 0.3) is 0 Å². The van der Waals surface area contributed by atoms with Crippen LogP contribution < -0.4 is 9.62 Å². The molecule has 0 fully saturated rings. The van der Waals surface area contributed by atoms with E-state index in [4.69, 9.17) is 0 Å². The Morgan fingerprint density at radius 3 is 2.78 bits per heavy atom. The fourth-order valence-corrected chi connectivity index (χ4v) is 4.64. The average molecular weight is 383 g/mol. The topological polar surface area (TPSA) is 82.3 Å². The molecule has 0 aliphatic carbocycles. The second kappa shape index (κ2) is 6.51. The summed E-state index contributed by atoms with van der Waals surface area (Å²) < 4.78 is 28.1. The van der Waals surface area contributed by atoms with E-state index in [0.717, 1.165) is 33.4 Å². The summed E-state index contributed by atoms with van der Waals surface area (Å²) in [4.78, 5) is 16.8. The molecule has 1 aromatic heterocycles. The Labute approximate surface area is 158 Å². The summed E-state index contributed by atoms with van der Waals surface area (Å²) in [5.41, 5.74) is 4.69. The molecule has 0 bridgehead atoms. The first kappa shape index (κ1) is 17.8. The van der Waals surface area contributed by atoms with E-state index in [1.807, 2.05) is 31.2 Å². The molecule has 27 heavy (non-hydrogen) atoms. The summed E-state index contributed by atoms with van der Waals surface area (Å²) in [7, 11) is -3.63. The second-order valence-electron chi connectivity index (χ2n) is 6.91. The first-order valence-corrected chi connectivity index (χ1v) is 10.3. The Balaban J connectivity index is 1.54. The second-order valence-corrected chi connectivity index (χ2v) is 8.68. The fourth-order valence-electron chi connectivity index (χ4n) is 3.57. The Morgan fingerprint density at radius 2 is 2.00 bits per heavy atom. The number of anilines is 1. The Kier molecular flexibility index (Phi) is 4.28. The first-order valence-electron chi connectivity index (χ1n) is 8.82. The van der Waals surface area contributed by atoms with Gasteiger partial charge in [-0.3, -0.25) is 4.79 Å². The lowest BCUT2D eigenvalue weighted by atomic mass is 10.1. The van der Waals surface area contributed by atoms with Crippen molar-refractivity contribution in [3.8, 4) is 0 Å². The van der Waals surface area contributed by atoms with Crippen molar-refractivity contribution in [3.63, 3.8) is 0 Å². The van der Waals surface area contributed by atoms with Crippen LogP contribution in [0, 0.1) is 6.92 Å². The normalized spacial score (nSPS) is 13.9. The molecular weight excluding hydrogens is 362 g/mol. The van der Waals surface area contributed by atoms with Gasteiger partial charge in [0, 0.05) is 36.9 Å². The molecule has 2 heterocycles. The number of sulfonamides is 1. The summed E-state index contributed by atoms with van der Waals surface area (Å²) in [5, 5.41) is 1.06. The van der Waals surface area contributed by atoms with Crippen molar-refractivity contribution in [1.29, 1.82) is 0 Å². The van der Waals surface area contributed by atoms with Gasteiger partial charge in [0.05, 0.1) is 4.90 Å². The van der Waals surface area contributed by atoms with Gasteiger partial charge < -0.3 is 9.88 Å². The van der Waals surface area contributed by atoms with Crippen LogP contribution in [0.1, 0.15) is 23.7 Å². The van der Waals surface area contributed by atoms with Crippen LogP contribution in [0.15, 0.2) is 47.4 Å². The third kappa shape index (κ3) is 3.36. The van der Waals surface area contributed by atoms with Crippen molar-refractivity contribution in [3.05, 3.63) is 59.3 Å². The monoisotopic (exact) mass is 383 g/mol. The van der Waals surface area contributed by atoms with Crippen molar-refractivity contribution in [2.45, 2.75) is 31.7 Å². The third-order valence-electron chi connectivity index (χ3n) is 4.92. The Hall–Kier alpha value is -2.64. The molecule has 0 atom stereocenters. The highest BCUT2D eigenvalue weighted by atomic mass is 32.2. The van der Waals surface area contributed by atoms with Crippen LogP contribution in [-0.4, -0.2) is 25.9 Å². The molecule has 7 heteroatoms. The number of aromatic amines is 1. The molecule has 1 amide bonds. The number of aromatic nitrogens is 1. The van der Waals surface area contributed by atoms with Gasteiger partial charge in [0.1, 0.15) is 0 Å². The molecular formula is C20H21N3O3S. The molecule has 2 aromatic carbocycles. The maximum atomic E-state index is 12.7. The van der Waals surface area contributed by atoms with E-state index in [2.05, 4.69) is 9.71 Å². The number of carbonyl (C=O) groups is 1. The molecule has 0 saturated carbocycles. The summed E-state index contributed by atoms with van der Waals surface area (Å²) >= 11 is 0. The molecule has 0 spiro atoms. The van der Waals surface area contributed by atoms with Gasteiger partial charge in [-0.2, -0.15) is 0 Å². The van der Waals surface area contributed by atoms with E-state index >= 15 is 0 Å². The molecule has 6 nitrogen and oxygen atoms in total. The highest BCUT2D eigenvalue weighted by molar-refractivity contribution is 7.89. The van der Waals surface area contributed by atoms with Gasteiger partial charge in [-0.1, -0.05) is 6.07 Å². The van der Waals surface area contributed by atoms with Gasteiger partial charge >= 0.3 is 0 Å². The molecule has 1 aliphatic rings. The van der Waals surface area contributed by atoms with Crippen LogP contribution in [0.3, 0.4) is 0 Å². The van der Waals surface area contributed by atoms with Crippen LogP contribution in [-0.2, 0) is 27.8 Å². The minimum atomic E-state index is -3.63. The third-order valence-corrected chi connectivity index (χ3v) is 6.32. The van der Waals surface area contributed by atoms with Crippen LogP contribution in [0.2, 0.25) is 0 Å². The van der Waals surface area contributed by atoms with Gasteiger partial charge in [-0.25, -0.2) is 13.1 Å². The number of H-pyrrole nitrogens is 1. The van der Waals surface area contributed by atoms with Gasteiger partial charge in [-0.15, -0.1) is 0 Å². The molecule has 3 aromatic rings. The van der Waals surface area contributed by atoms with Crippen LogP contribution in [0.5, 0.6) is 0 Å². The number of nitrogens with one attached hydrogen (secondary N) is 2. The largest absolute Gasteiger partial charge is 0.359 e. The van der Waals surface area contributed by atoms with E-state index < -0.39 is 10.0 Å². The number of rotatable bonds is 4. The Bertz CT molecular complexity index is 1150. The van der Waals surface area contributed by atoms with Crippen molar-refractivity contribution in [2.75, 3.05) is 11.4 Å². The summed E-state index contributed by atoms with van der Waals surface area (Å²) in [6.07, 6.45) is 0.668. The fraction of sp³-hybridized carbons (Fsp3) is 0.250. The molecule has 140 valence electrons. The lowest BCUT2D eigenvalue weighted by molar-refractivity contribution is -0.116. The van der Waals surface area contributed by atoms with E-state index in [1.165, 1.54) is 6.92 Å². The number of hydrogen-bond donors (Lipinski definition) is 2. The number of aryl methyl sites for hydroxylation is 1. The molecule has 0 saturated heterocycles. The highest BCUT2D eigenvalue weighted by Gasteiger charge is 2.24. The molecule has 0 radical (unpaired) electrons. The van der Waals surface area contributed by atoms with E-state index in [0.29, 0.717) is 13.0 Å². The molecule has 0 unspecified atom stereocenters. The lowest BCUT2D eigenvalue weighted by Crippen LogP contribution is -2.26. The first-order chi connectivity index (χ1) is 12.8. The van der Waals surface area contributed by atoms with Gasteiger partial charge in [-0.05, 0) is 66.3 Å². The number of fused-ring (bicyclic) bond motifs is 2. The summed E-state index contributed by atoms with van der Waals surface area (Å²) in [6, 6.07) is 12.8. The van der Waals surface area contributed by atoms with E-state index in [9.17, 15) is 13.2 Å². The van der Waals surface area contributed by atoms with Crippen molar-refractivity contribution in [2.24, 2.45) is 0 Å². The number of amides is 1. The Morgan fingerprint density at radius 1 is 1.19 bits per heavy atom. The SMILES string of the molecule is CC(=O)N1CCc2cc(S(=O)(=O)NCc3ccc4[nH]c(C)cc4c3)ccc21. The minimum absolute atomic E-state index is 0.0298. The average Bonchev–Trinajstić information content (AvgIpc) is 3.21. The summed E-state index contributed by atoms with van der Waals surface area (Å²) in [6.45, 7) is 4.32. The quantitative estimate of drug-likeness (QED) is 0.727. The maximum Gasteiger partial charge on any atom is 0.240 e. The van der Waals surface area contributed by atoms with Gasteiger partial charge in [0.2, 0.25) is 15.9 Å². The van der Waals surface area contributed by atoms with Crippen LogP contribution in [0.25, 0.3) is 10.9 Å². The standard InChI is InChI=1S/C20H21N3O3S/c1-13-9-17-10-15(3-5-19(17)22-13)12-21-27(25,26)18-4-6-20-16(11-18)7-8-23(20)14(2)24/h3-6,9-11,21-22H,7-8,12H2,1-2H3. The molecule has 2 N–H and O–H groups in total. The van der Waals surface area contributed by atoms with Gasteiger partial charge in [0.15, 0.2) is 0 Å². The van der Waals surface area contributed by atoms with E-state index in [-0.39, 0.29) is 17.3 Å². The number of nitrogens with zero attached hydrogens (tertiary/aromatic N) is 1. The maximum absolute atomic E-state index is 12.7. The number of hydrogen-bond acceptors (Lipinski definition) is 3. The predicted molar refractivity (Wildman–Crippen MR) is 105 cm³/mol. The predicted octanol–water partition coefficient (Wildman–Crippen LogP) is 2.86. The smallest absolute Gasteiger partial charge is 0.240 e. The zero-order valence-electron chi connectivity index (χ0n) is 15.2. The number of benzene rings is 2. The molecule has 1 aliphatic heterocycles. The lowest BCUT2D eigenvalue weighted by Gasteiger charge is -2.15. The van der Waals surface area contributed by atoms with Crippen molar-refractivity contribution in [1.82, 2.24) is 9.71 Å². The van der Waals surface area contributed by atoms with Crippen LogP contribution in [0.4, 0.5) is 5.69 Å². The number of carbonyl (C=O) groups excluding carboxylic acids is 1. The highest BCUT2D eigenvalue weighted by Crippen LogP contribution is 2.30. The van der Waals surface area contributed by atoms with Crippen LogP contribution >= 0.6 is 0 Å².